The van der Waals surface area contributed by atoms with E-state index in [2.05, 4.69) is 14.9 Å². The van der Waals surface area contributed by atoms with Crippen LogP contribution >= 0.6 is 0 Å². The zero-order valence-electron chi connectivity index (χ0n) is 11.8. The van der Waals surface area contributed by atoms with Crippen molar-refractivity contribution in [1.29, 1.82) is 0 Å². The number of nitrogens with zero attached hydrogens (tertiary/aromatic N) is 2. The smallest absolute Gasteiger partial charge is 0.341 e. The molecule has 2 aromatic carbocycles. The highest BCUT2D eigenvalue weighted by Crippen LogP contribution is 2.18. The van der Waals surface area contributed by atoms with Gasteiger partial charge in [-0.15, -0.1) is 0 Å². The molecule has 0 saturated heterocycles. The normalized spacial score (nSPS) is 11.1. The minimum Gasteiger partial charge on any atom is -0.508 e. The van der Waals surface area contributed by atoms with Crippen LogP contribution in [-0.2, 0) is 4.74 Å². The van der Waals surface area contributed by atoms with Gasteiger partial charge in [-0.05, 0) is 53.6 Å². The van der Waals surface area contributed by atoms with E-state index in [-0.39, 0.29) is 17.1 Å². The van der Waals surface area contributed by atoms with Crippen LogP contribution in [0.25, 0.3) is 0 Å². The molecule has 0 aromatic heterocycles. The number of benzene rings is 2. The third-order valence-electron chi connectivity index (χ3n) is 2.80. The first-order valence-electron chi connectivity index (χ1n) is 6.37. The molecule has 0 bridgehead atoms. The first kappa shape index (κ1) is 15.2. The molecule has 0 atom stereocenters. The molecule has 2 aromatic rings. The quantitative estimate of drug-likeness (QED) is 0.515. The largest absolute Gasteiger partial charge is 0.508 e. The number of methoxy groups -OCH3 is 1. The van der Waals surface area contributed by atoms with Gasteiger partial charge in [-0.2, -0.15) is 10.2 Å². The average Bonchev–Trinajstić information content (AvgIpc) is 2.54. The molecule has 0 saturated carbocycles. The van der Waals surface area contributed by atoms with Crippen LogP contribution in [0.4, 0.5) is 0 Å². The molecule has 2 N–H and O–H groups in total. The van der Waals surface area contributed by atoms with Crippen LogP contribution in [0.3, 0.4) is 0 Å². The molecule has 0 aliphatic rings. The van der Waals surface area contributed by atoms with Gasteiger partial charge in [0.1, 0.15) is 17.1 Å². The molecule has 0 aliphatic carbocycles. The Labute approximate surface area is 127 Å². The number of phenolic OH excluding ortho intramolecular Hbond substituents is 2. The van der Waals surface area contributed by atoms with Gasteiger partial charge in [0.05, 0.1) is 19.5 Å². The van der Waals surface area contributed by atoms with E-state index in [1.54, 1.807) is 30.3 Å². The second-order valence-corrected chi connectivity index (χ2v) is 4.35. The highest BCUT2D eigenvalue weighted by molar-refractivity contribution is 5.95. The zero-order valence-corrected chi connectivity index (χ0v) is 11.8. The predicted octanol–water partition coefficient (Wildman–Crippen LogP) is 2.34. The highest BCUT2D eigenvalue weighted by atomic mass is 16.5. The summed E-state index contributed by atoms with van der Waals surface area (Å²) in [5.74, 6) is -0.600. The Hall–Kier alpha value is -3.15. The molecule has 6 nitrogen and oxygen atoms in total. The average molecular weight is 298 g/mol. The first-order chi connectivity index (χ1) is 10.6. The number of carbonyl (C=O) groups is 1. The molecule has 0 amide bonds. The number of rotatable bonds is 4. The van der Waals surface area contributed by atoms with Gasteiger partial charge in [0.2, 0.25) is 0 Å². The fourth-order valence-electron chi connectivity index (χ4n) is 1.67. The Morgan fingerprint density at radius 3 is 2.23 bits per heavy atom. The maximum atomic E-state index is 11.5. The van der Waals surface area contributed by atoms with Crippen molar-refractivity contribution in [3.8, 4) is 11.5 Å². The number of aromatic hydroxyl groups is 2. The molecule has 0 unspecified atom stereocenters. The van der Waals surface area contributed by atoms with Gasteiger partial charge in [-0.1, -0.05) is 0 Å². The lowest BCUT2D eigenvalue weighted by Crippen LogP contribution is -2.02. The number of hydrogen-bond donors (Lipinski definition) is 2. The van der Waals surface area contributed by atoms with E-state index in [0.29, 0.717) is 5.56 Å². The van der Waals surface area contributed by atoms with Gasteiger partial charge in [0.25, 0.3) is 0 Å². The highest BCUT2D eigenvalue weighted by Gasteiger charge is 2.11. The maximum Gasteiger partial charge on any atom is 0.341 e. The summed E-state index contributed by atoms with van der Waals surface area (Å²) < 4.78 is 4.57. The van der Waals surface area contributed by atoms with Crippen molar-refractivity contribution in [3.05, 3.63) is 59.2 Å². The van der Waals surface area contributed by atoms with Crippen LogP contribution in [0.15, 0.2) is 52.7 Å². The Morgan fingerprint density at radius 2 is 1.59 bits per heavy atom. The van der Waals surface area contributed by atoms with Gasteiger partial charge >= 0.3 is 5.97 Å². The van der Waals surface area contributed by atoms with Crippen molar-refractivity contribution >= 4 is 18.4 Å². The number of carbonyl (C=O) groups excluding carboxylic acids is 1. The molecule has 0 radical (unpaired) electrons. The van der Waals surface area contributed by atoms with Crippen LogP contribution < -0.4 is 0 Å². The first-order valence-corrected chi connectivity index (χ1v) is 6.37. The molecule has 112 valence electrons. The zero-order chi connectivity index (χ0) is 15.9. The van der Waals surface area contributed by atoms with Gasteiger partial charge in [-0.25, -0.2) is 4.79 Å². The Bertz CT molecular complexity index is 721. The molecule has 0 aliphatic heterocycles. The summed E-state index contributed by atoms with van der Waals surface area (Å²) in [5.41, 5.74) is 1.45. The molecule has 0 heterocycles. The summed E-state index contributed by atoms with van der Waals surface area (Å²) in [6.45, 7) is 0. The summed E-state index contributed by atoms with van der Waals surface area (Å²) in [4.78, 5) is 11.5. The molecule has 2 rings (SSSR count). The van der Waals surface area contributed by atoms with Gasteiger partial charge in [-0.3, -0.25) is 0 Å². The third kappa shape index (κ3) is 3.92. The van der Waals surface area contributed by atoms with Crippen LogP contribution in [0.2, 0.25) is 0 Å². The lowest BCUT2D eigenvalue weighted by molar-refractivity contribution is 0.0597. The van der Waals surface area contributed by atoms with E-state index in [1.807, 2.05) is 0 Å². The van der Waals surface area contributed by atoms with Crippen LogP contribution in [-0.4, -0.2) is 35.7 Å². The second kappa shape index (κ2) is 7.03. The number of esters is 1. The van der Waals surface area contributed by atoms with E-state index in [4.69, 9.17) is 5.11 Å². The predicted molar refractivity (Wildman–Crippen MR) is 82.7 cm³/mol. The molecular formula is C16H14N2O4. The van der Waals surface area contributed by atoms with Gasteiger partial charge in [0.15, 0.2) is 0 Å². The SMILES string of the molecule is COC(=O)c1cc(C=NN=Cc2ccc(O)cc2)ccc1O. The standard InChI is InChI=1S/C16H14N2O4/c1-22-16(21)14-8-12(4-7-15(14)20)10-18-17-9-11-2-5-13(19)6-3-11/h2-10,19-20H,1H3. The van der Waals surface area contributed by atoms with E-state index in [1.165, 1.54) is 31.7 Å². The summed E-state index contributed by atoms with van der Waals surface area (Å²) in [5, 5.41) is 26.5. The molecule has 0 fully saturated rings. The summed E-state index contributed by atoms with van der Waals surface area (Å²) >= 11 is 0. The van der Waals surface area contributed by atoms with Crippen molar-refractivity contribution in [2.45, 2.75) is 0 Å². The summed E-state index contributed by atoms with van der Waals surface area (Å²) in [7, 11) is 1.24. The second-order valence-electron chi connectivity index (χ2n) is 4.35. The van der Waals surface area contributed by atoms with Crippen LogP contribution in [0.5, 0.6) is 11.5 Å². The van der Waals surface area contributed by atoms with Crippen molar-refractivity contribution < 1.29 is 19.7 Å². The fraction of sp³-hybridized carbons (Fsp3) is 0.0625. The summed E-state index contributed by atoms with van der Waals surface area (Å²) in [6, 6.07) is 10.9. The topological polar surface area (TPSA) is 91.5 Å². The van der Waals surface area contributed by atoms with Crippen LogP contribution in [0.1, 0.15) is 21.5 Å². The van der Waals surface area contributed by atoms with Crippen molar-refractivity contribution in [1.82, 2.24) is 0 Å². The Morgan fingerprint density at radius 1 is 1.00 bits per heavy atom. The monoisotopic (exact) mass is 298 g/mol. The van der Waals surface area contributed by atoms with E-state index < -0.39 is 5.97 Å². The van der Waals surface area contributed by atoms with Gasteiger partial charge in [0, 0.05) is 0 Å². The van der Waals surface area contributed by atoms with Crippen molar-refractivity contribution in [2.24, 2.45) is 10.2 Å². The third-order valence-corrected chi connectivity index (χ3v) is 2.80. The number of phenols is 2. The van der Waals surface area contributed by atoms with E-state index >= 15 is 0 Å². The van der Waals surface area contributed by atoms with Crippen molar-refractivity contribution in [2.75, 3.05) is 7.11 Å². The van der Waals surface area contributed by atoms with E-state index in [0.717, 1.165) is 5.56 Å². The number of ether oxygens (including phenoxy) is 1. The fourth-order valence-corrected chi connectivity index (χ4v) is 1.67. The minimum atomic E-state index is -0.625. The molecule has 22 heavy (non-hydrogen) atoms. The lowest BCUT2D eigenvalue weighted by atomic mass is 10.1. The Balaban J connectivity index is 2.10. The van der Waals surface area contributed by atoms with Crippen molar-refractivity contribution in [3.63, 3.8) is 0 Å². The minimum absolute atomic E-state index is 0.0639. The maximum absolute atomic E-state index is 11.5. The number of hydrogen-bond acceptors (Lipinski definition) is 6. The lowest BCUT2D eigenvalue weighted by Gasteiger charge is -2.02. The van der Waals surface area contributed by atoms with Gasteiger partial charge < -0.3 is 14.9 Å². The molecular weight excluding hydrogens is 284 g/mol. The molecule has 0 spiro atoms. The Kier molecular flexibility index (Phi) is 4.87. The molecule has 6 heteroatoms. The van der Waals surface area contributed by atoms with E-state index in [9.17, 15) is 9.90 Å². The van der Waals surface area contributed by atoms with Crippen LogP contribution in [0, 0.1) is 0 Å². The summed E-state index contributed by atoms with van der Waals surface area (Å²) in [6.07, 6.45) is 2.97.